The summed E-state index contributed by atoms with van der Waals surface area (Å²) in [5, 5.41) is 10.7. The van der Waals surface area contributed by atoms with Crippen molar-refractivity contribution in [1.82, 2.24) is 20.4 Å². The molecule has 0 radical (unpaired) electrons. The van der Waals surface area contributed by atoms with Gasteiger partial charge in [0.1, 0.15) is 0 Å². The van der Waals surface area contributed by atoms with E-state index in [1.807, 2.05) is 40.0 Å². The summed E-state index contributed by atoms with van der Waals surface area (Å²) in [6, 6.07) is 5.86. The molecular weight excluding hydrogens is 364 g/mol. The van der Waals surface area contributed by atoms with E-state index in [0.29, 0.717) is 24.1 Å². The number of carbonyl (C=O) groups excluding carboxylic acids is 2. The highest BCUT2D eigenvalue weighted by Gasteiger charge is 2.35. The van der Waals surface area contributed by atoms with Crippen molar-refractivity contribution in [3.8, 4) is 0 Å². The lowest BCUT2D eigenvalue weighted by atomic mass is 9.81. The van der Waals surface area contributed by atoms with Crippen molar-refractivity contribution >= 4 is 11.8 Å². The van der Waals surface area contributed by atoms with Gasteiger partial charge in [0.25, 0.3) is 11.8 Å². The summed E-state index contributed by atoms with van der Waals surface area (Å²) in [6.07, 6.45) is 7.48. The minimum Gasteiger partial charge on any atom is -0.350 e. The Morgan fingerprint density at radius 2 is 1.72 bits per heavy atom. The Labute approximate surface area is 173 Å². The molecule has 1 fully saturated rings. The summed E-state index contributed by atoms with van der Waals surface area (Å²) in [4.78, 5) is 25.8. The molecule has 1 aliphatic carbocycles. The van der Waals surface area contributed by atoms with E-state index in [9.17, 15) is 9.59 Å². The molecule has 0 bridgehead atoms. The number of benzene rings is 1. The number of aromatic nitrogens is 2. The lowest BCUT2D eigenvalue weighted by Crippen LogP contribution is -2.56. The molecule has 0 saturated heterocycles. The first kappa shape index (κ1) is 21.1. The molecule has 29 heavy (non-hydrogen) atoms. The van der Waals surface area contributed by atoms with Crippen LogP contribution in [0.15, 0.2) is 24.4 Å². The van der Waals surface area contributed by atoms with Gasteiger partial charge in [-0.15, -0.1) is 0 Å². The first-order chi connectivity index (χ1) is 13.8. The lowest BCUT2D eigenvalue weighted by molar-refractivity contribution is 0.0832. The van der Waals surface area contributed by atoms with Crippen molar-refractivity contribution < 1.29 is 9.59 Å². The van der Waals surface area contributed by atoms with Gasteiger partial charge in [-0.3, -0.25) is 14.3 Å². The minimum atomic E-state index is -0.412. The molecule has 2 amide bonds. The van der Waals surface area contributed by atoms with E-state index in [1.54, 1.807) is 10.9 Å². The van der Waals surface area contributed by atoms with Crippen molar-refractivity contribution in [2.45, 2.75) is 64.8 Å². The molecule has 0 spiro atoms. The fourth-order valence-electron chi connectivity index (χ4n) is 4.33. The van der Waals surface area contributed by atoms with Gasteiger partial charge >= 0.3 is 0 Å². The van der Waals surface area contributed by atoms with Gasteiger partial charge in [-0.05, 0) is 45.2 Å². The number of nitrogens with zero attached hydrogens (tertiary/aromatic N) is 2. The quantitative estimate of drug-likeness (QED) is 0.785. The highest BCUT2D eigenvalue weighted by atomic mass is 16.2. The zero-order valence-electron chi connectivity index (χ0n) is 18.0. The number of carbonyl (C=O) groups is 2. The molecule has 1 aromatic carbocycles. The van der Waals surface area contributed by atoms with Crippen LogP contribution in [-0.2, 0) is 13.5 Å². The smallest absolute Gasteiger partial charge is 0.255 e. The van der Waals surface area contributed by atoms with E-state index in [1.165, 1.54) is 0 Å². The standard InChI is InChI=1S/C23H32N4O2/c1-5-20-19(14-27(4)26-20)22(29)25-23(9-7-6-8-10-23)15-24-21(28)18-12-16(2)11-17(3)13-18/h11-14H,5-10,15H2,1-4H3,(H,24,28)(H,25,29). The molecule has 0 aliphatic heterocycles. The van der Waals surface area contributed by atoms with Gasteiger partial charge in [-0.25, -0.2) is 0 Å². The van der Waals surface area contributed by atoms with Crippen molar-refractivity contribution in [2.24, 2.45) is 7.05 Å². The van der Waals surface area contributed by atoms with E-state index in [2.05, 4.69) is 21.8 Å². The van der Waals surface area contributed by atoms with E-state index in [0.717, 1.165) is 48.9 Å². The van der Waals surface area contributed by atoms with Crippen LogP contribution in [0.4, 0.5) is 0 Å². The first-order valence-corrected chi connectivity index (χ1v) is 10.5. The van der Waals surface area contributed by atoms with Crippen LogP contribution >= 0.6 is 0 Å². The molecule has 156 valence electrons. The van der Waals surface area contributed by atoms with Crippen LogP contribution in [0.25, 0.3) is 0 Å². The predicted molar refractivity (Wildman–Crippen MR) is 114 cm³/mol. The third-order valence-corrected chi connectivity index (χ3v) is 5.75. The van der Waals surface area contributed by atoms with Crippen molar-refractivity contribution in [3.63, 3.8) is 0 Å². The Balaban J connectivity index is 1.74. The van der Waals surface area contributed by atoms with Gasteiger partial charge < -0.3 is 10.6 Å². The predicted octanol–water partition coefficient (Wildman–Crippen LogP) is 3.46. The Bertz CT molecular complexity index is 874. The average molecular weight is 397 g/mol. The number of aryl methyl sites for hydroxylation is 4. The van der Waals surface area contributed by atoms with Crippen molar-refractivity contribution in [2.75, 3.05) is 6.54 Å². The summed E-state index contributed by atoms with van der Waals surface area (Å²) in [5.74, 6) is -0.191. The Morgan fingerprint density at radius 3 is 2.34 bits per heavy atom. The monoisotopic (exact) mass is 396 g/mol. The highest BCUT2D eigenvalue weighted by molar-refractivity contribution is 5.96. The van der Waals surface area contributed by atoms with E-state index >= 15 is 0 Å². The third-order valence-electron chi connectivity index (χ3n) is 5.75. The number of nitrogens with one attached hydrogen (secondary N) is 2. The first-order valence-electron chi connectivity index (χ1n) is 10.5. The average Bonchev–Trinajstić information content (AvgIpc) is 3.07. The normalized spacial score (nSPS) is 15.7. The second-order valence-electron chi connectivity index (χ2n) is 8.37. The van der Waals surface area contributed by atoms with Gasteiger partial charge in [0.05, 0.1) is 16.8 Å². The molecule has 6 nitrogen and oxygen atoms in total. The zero-order chi connectivity index (χ0) is 21.0. The summed E-state index contributed by atoms with van der Waals surface area (Å²) in [7, 11) is 1.83. The minimum absolute atomic E-state index is 0.0911. The molecule has 1 heterocycles. The fourth-order valence-corrected chi connectivity index (χ4v) is 4.33. The molecule has 2 N–H and O–H groups in total. The van der Waals surface area contributed by atoms with E-state index in [-0.39, 0.29) is 11.8 Å². The zero-order valence-corrected chi connectivity index (χ0v) is 18.0. The van der Waals surface area contributed by atoms with Crippen LogP contribution in [-0.4, -0.2) is 33.7 Å². The Hall–Kier alpha value is -2.63. The lowest BCUT2D eigenvalue weighted by Gasteiger charge is -2.38. The fraction of sp³-hybridized carbons (Fsp3) is 0.522. The molecule has 1 saturated carbocycles. The number of hydrogen-bond donors (Lipinski definition) is 2. The molecule has 3 rings (SSSR count). The van der Waals surface area contributed by atoms with Gasteiger partial charge in [0, 0.05) is 25.4 Å². The summed E-state index contributed by atoms with van der Waals surface area (Å²) >= 11 is 0. The van der Waals surface area contributed by atoms with Crippen LogP contribution < -0.4 is 10.6 Å². The Kier molecular flexibility index (Phi) is 6.40. The molecule has 6 heteroatoms. The number of amides is 2. The molecule has 0 unspecified atom stereocenters. The summed E-state index contributed by atoms with van der Waals surface area (Å²) in [6.45, 7) is 6.42. The van der Waals surface area contributed by atoms with Crippen LogP contribution in [0.3, 0.4) is 0 Å². The molecule has 1 aliphatic rings. The maximum Gasteiger partial charge on any atom is 0.255 e. The van der Waals surface area contributed by atoms with E-state index < -0.39 is 5.54 Å². The summed E-state index contributed by atoms with van der Waals surface area (Å²) in [5.41, 5.74) is 3.82. The molecule has 2 aromatic rings. The topological polar surface area (TPSA) is 76.0 Å². The Morgan fingerprint density at radius 1 is 1.07 bits per heavy atom. The second kappa shape index (κ2) is 8.80. The second-order valence-corrected chi connectivity index (χ2v) is 8.37. The van der Waals surface area contributed by atoms with Crippen LogP contribution in [0.5, 0.6) is 0 Å². The van der Waals surface area contributed by atoms with Crippen LogP contribution in [0.2, 0.25) is 0 Å². The van der Waals surface area contributed by atoms with Gasteiger partial charge in [-0.2, -0.15) is 5.10 Å². The van der Waals surface area contributed by atoms with Gasteiger partial charge in [-0.1, -0.05) is 43.4 Å². The van der Waals surface area contributed by atoms with Crippen molar-refractivity contribution in [3.05, 3.63) is 52.3 Å². The highest BCUT2D eigenvalue weighted by Crippen LogP contribution is 2.28. The molecule has 1 aromatic heterocycles. The largest absolute Gasteiger partial charge is 0.350 e. The maximum atomic E-state index is 13.0. The molecular formula is C23H32N4O2. The number of hydrogen-bond acceptors (Lipinski definition) is 3. The number of rotatable bonds is 6. The van der Waals surface area contributed by atoms with Gasteiger partial charge in [0.2, 0.25) is 0 Å². The van der Waals surface area contributed by atoms with Crippen molar-refractivity contribution in [1.29, 1.82) is 0 Å². The van der Waals surface area contributed by atoms with Gasteiger partial charge in [0.15, 0.2) is 0 Å². The summed E-state index contributed by atoms with van der Waals surface area (Å²) < 4.78 is 1.68. The van der Waals surface area contributed by atoms with Crippen LogP contribution in [0, 0.1) is 13.8 Å². The van der Waals surface area contributed by atoms with E-state index in [4.69, 9.17) is 0 Å². The maximum absolute atomic E-state index is 13.0. The SMILES string of the molecule is CCc1nn(C)cc1C(=O)NC1(CNC(=O)c2cc(C)cc(C)c2)CCCCC1. The molecule has 0 atom stereocenters. The third kappa shape index (κ3) is 5.05. The van der Waals surface area contributed by atoms with Crippen LogP contribution in [0.1, 0.15) is 76.6 Å².